The molecule has 1 N–H and O–H groups in total. The van der Waals surface area contributed by atoms with E-state index in [0.29, 0.717) is 12.0 Å². The SMILES string of the molecule is CC(NC1CCCCC1C)c1cccc([N+](=O)[O-])c1. The van der Waals surface area contributed by atoms with Crippen LogP contribution in [0.15, 0.2) is 24.3 Å². The van der Waals surface area contributed by atoms with Gasteiger partial charge in [-0.25, -0.2) is 0 Å². The van der Waals surface area contributed by atoms with E-state index in [9.17, 15) is 10.1 Å². The van der Waals surface area contributed by atoms with Crippen LogP contribution in [0.3, 0.4) is 0 Å². The highest BCUT2D eigenvalue weighted by Gasteiger charge is 2.23. The Morgan fingerprint density at radius 3 is 2.79 bits per heavy atom. The second-order valence-electron chi connectivity index (χ2n) is 5.61. The van der Waals surface area contributed by atoms with Crippen molar-refractivity contribution in [3.05, 3.63) is 39.9 Å². The van der Waals surface area contributed by atoms with Crippen molar-refractivity contribution < 1.29 is 4.92 Å². The summed E-state index contributed by atoms with van der Waals surface area (Å²) in [5, 5.41) is 14.4. The fourth-order valence-corrected chi connectivity index (χ4v) is 2.89. The quantitative estimate of drug-likeness (QED) is 0.663. The molecule has 19 heavy (non-hydrogen) atoms. The highest BCUT2D eigenvalue weighted by atomic mass is 16.6. The molecule has 3 unspecified atom stereocenters. The number of hydrogen-bond acceptors (Lipinski definition) is 3. The fourth-order valence-electron chi connectivity index (χ4n) is 2.89. The smallest absolute Gasteiger partial charge is 0.269 e. The van der Waals surface area contributed by atoms with Gasteiger partial charge < -0.3 is 5.32 Å². The highest BCUT2D eigenvalue weighted by Crippen LogP contribution is 2.27. The van der Waals surface area contributed by atoms with E-state index in [1.807, 2.05) is 6.07 Å². The van der Waals surface area contributed by atoms with Gasteiger partial charge in [-0.3, -0.25) is 10.1 Å². The predicted molar refractivity (Wildman–Crippen MR) is 76.1 cm³/mol. The molecule has 0 aliphatic heterocycles. The summed E-state index contributed by atoms with van der Waals surface area (Å²) in [6.07, 6.45) is 5.09. The van der Waals surface area contributed by atoms with E-state index in [2.05, 4.69) is 19.2 Å². The van der Waals surface area contributed by atoms with Gasteiger partial charge in [-0.05, 0) is 31.2 Å². The molecule has 0 spiro atoms. The molecule has 1 aliphatic carbocycles. The highest BCUT2D eigenvalue weighted by molar-refractivity contribution is 5.35. The third kappa shape index (κ3) is 3.53. The Balaban J connectivity index is 2.04. The summed E-state index contributed by atoms with van der Waals surface area (Å²) in [7, 11) is 0. The maximum atomic E-state index is 10.8. The maximum Gasteiger partial charge on any atom is 0.269 e. The minimum Gasteiger partial charge on any atom is -0.307 e. The van der Waals surface area contributed by atoms with Crippen LogP contribution in [0, 0.1) is 16.0 Å². The van der Waals surface area contributed by atoms with Gasteiger partial charge in [0.05, 0.1) is 4.92 Å². The molecule has 2 rings (SSSR count). The van der Waals surface area contributed by atoms with E-state index < -0.39 is 0 Å². The van der Waals surface area contributed by atoms with Crippen molar-refractivity contribution >= 4 is 5.69 Å². The van der Waals surface area contributed by atoms with Crippen LogP contribution in [0.1, 0.15) is 51.1 Å². The van der Waals surface area contributed by atoms with E-state index in [0.717, 1.165) is 5.56 Å². The van der Waals surface area contributed by atoms with Crippen molar-refractivity contribution in [2.24, 2.45) is 5.92 Å². The first-order valence-corrected chi connectivity index (χ1v) is 7.08. The third-order valence-electron chi connectivity index (χ3n) is 4.16. The van der Waals surface area contributed by atoms with Crippen molar-refractivity contribution in [3.8, 4) is 0 Å². The topological polar surface area (TPSA) is 55.2 Å². The zero-order valence-corrected chi connectivity index (χ0v) is 11.6. The van der Waals surface area contributed by atoms with Gasteiger partial charge in [0.25, 0.3) is 5.69 Å². The average Bonchev–Trinajstić information content (AvgIpc) is 2.41. The Kier molecular flexibility index (Phi) is 4.53. The van der Waals surface area contributed by atoms with Crippen LogP contribution < -0.4 is 5.32 Å². The molecule has 0 heterocycles. The molecule has 4 heteroatoms. The first-order valence-electron chi connectivity index (χ1n) is 7.08. The van der Waals surface area contributed by atoms with Gasteiger partial charge in [0, 0.05) is 24.2 Å². The normalized spacial score (nSPS) is 24.9. The molecule has 3 atom stereocenters. The molecule has 0 radical (unpaired) electrons. The van der Waals surface area contributed by atoms with Gasteiger partial charge in [0.1, 0.15) is 0 Å². The molecule has 0 aromatic heterocycles. The molecule has 1 aromatic rings. The standard InChI is InChI=1S/C15H22N2O2/c1-11-6-3-4-9-15(11)16-12(2)13-7-5-8-14(10-13)17(18)19/h5,7-8,10-12,15-16H,3-4,6,9H2,1-2H3. The van der Waals surface area contributed by atoms with Crippen LogP contribution in [-0.2, 0) is 0 Å². The maximum absolute atomic E-state index is 10.8. The second-order valence-corrected chi connectivity index (χ2v) is 5.61. The first kappa shape index (κ1) is 14.0. The zero-order valence-electron chi connectivity index (χ0n) is 11.6. The summed E-state index contributed by atoms with van der Waals surface area (Å²) < 4.78 is 0. The number of benzene rings is 1. The molecule has 0 bridgehead atoms. The minimum atomic E-state index is -0.334. The molecule has 0 amide bonds. The largest absolute Gasteiger partial charge is 0.307 e. The number of nitro groups is 1. The van der Waals surface area contributed by atoms with Crippen LogP contribution >= 0.6 is 0 Å². The lowest BCUT2D eigenvalue weighted by Crippen LogP contribution is -2.38. The number of hydrogen-bond donors (Lipinski definition) is 1. The molecule has 1 aliphatic rings. The Hall–Kier alpha value is -1.42. The van der Waals surface area contributed by atoms with Crippen LogP contribution in [-0.4, -0.2) is 11.0 Å². The molecular weight excluding hydrogens is 240 g/mol. The van der Waals surface area contributed by atoms with Crippen LogP contribution in [0.2, 0.25) is 0 Å². The minimum absolute atomic E-state index is 0.158. The van der Waals surface area contributed by atoms with Gasteiger partial charge in [0.15, 0.2) is 0 Å². The fraction of sp³-hybridized carbons (Fsp3) is 0.600. The number of rotatable bonds is 4. The lowest BCUT2D eigenvalue weighted by Gasteiger charge is -2.32. The summed E-state index contributed by atoms with van der Waals surface area (Å²) >= 11 is 0. The molecule has 1 saturated carbocycles. The zero-order chi connectivity index (χ0) is 13.8. The van der Waals surface area contributed by atoms with Gasteiger partial charge in [-0.15, -0.1) is 0 Å². The number of nitrogens with zero attached hydrogens (tertiary/aromatic N) is 1. The van der Waals surface area contributed by atoms with Crippen LogP contribution in [0.5, 0.6) is 0 Å². The van der Waals surface area contributed by atoms with Crippen molar-refractivity contribution in [1.29, 1.82) is 0 Å². The van der Waals surface area contributed by atoms with Crippen molar-refractivity contribution in [2.45, 2.75) is 51.6 Å². The van der Waals surface area contributed by atoms with Crippen molar-refractivity contribution in [3.63, 3.8) is 0 Å². The van der Waals surface area contributed by atoms with Crippen LogP contribution in [0.4, 0.5) is 5.69 Å². The van der Waals surface area contributed by atoms with Crippen molar-refractivity contribution in [2.75, 3.05) is 0 Å². The van der Waals surface area contributed by atoms with E-state index in [1.165, 1.54) is 25.7 Å². The molecule has 1 fully saturated rings. The third-order valence-corrected chi connectivity index (χ3v) is 4.16. The van der Waals surface area contributed by atoms with Gasteiger partial charge in [-0.1, -0.05) is 31.9 Å². The second kappa shape index (κ2) is 6.15. The van der Waals surface area contributed by atoms with Gasteiger partial charge in [0.2, 0.25) is 0 Å². The predicted octanol–water partition coefficient (Wildman–Crippen LogP) is 3.82. The van der Waals surface area contributed by atoms with Crippen molar-refractivity contribution in [1.82, 2.24) is 5.32 Å². The van der Waals surface area contributed by atoms with Crippen LogP contribution in [0.25, 0.3) is 0 Å². The van der Waals surface area contributed by atoms with E-state index in [-0.39, 0.29) is 16.7 Å². The monoisotopic (exact) mass is 262 g/mol. The van der Waals surface area contributed by atoms with Gasteiger partial charge in [-0.2, -0.15) is 0 Å². The Labute approximate surface area is 114 Å². The first-order chi connectivity index (χ1) is 9.08. The summed E-state index contributed by atoms with van der Waals surface area (Å²) in [5.74, 6) is 0.690. The Morgan fingerprint density at radius 2 is 2.11 bits per heavy atom. The molecule has 0 saturated heterocycles. The average molecular weight is 262 g/mol. The summed E-state index contributed by atoms with van der Waals surface area (Å²) in [6.45, 7) is 4.37. The lowest BCUT2D eigenvalue weighted by atomic mass is 9.85. The number of nitro benzene ring substituents is 1. The summed E-state index contributed by atoms with van der Waals surface area (Å²) in [4.78, 5) is 10.5. The Morgan fingerprint density at radius 1 is 1.37 bits per heavy atom. The number of non-ortho nitro benzene ring substituents is 1. The van der Waals surface area contributed by atoms with E-state index in [1.54, 1.807) is 18.2 Å². The summed E-state index contributed by atoms with van der Waals surface area (Å²) in [5.41, 5.74) is 1.16. The van der Waals surface area contributed by atoms with E-state index in [4.69, 9.17) is 0 Å². The Bertz CT molecular complexity index is 448. The van der Waals surface area contributed by atoms with E-state index >= 15 is 0 Å². The molecule has 1 aromatic carbocycles. The lowest BCUT2D eigenvalue weighted by molar-refractivity contribution is -0.384. The molecule has 104 valence electrons. The molecular formula is C15H22N2O2. The van der Waals surface area contributed by atoms with Gasteiger partial charge >= 0.3 is 0 Å². The molecule has 4 nitrogen and oxygen atoms in total. The summed E-state index contributed by atoms with van der Waals surface area (Å²) in [6, 6.07) is 7.62. The number of nitrogens with one attached hydrogen (secondary N) is 1.